The van der Waals surface area contributed by atoms with Gasteiger partial charge >= 0.3 is 0 Å². The first-order valence-corrected chi connectivity index (χ1v) is 8.14. The van der Waals surface area contributed by atoms with Crippen molar-refractivity contribution in [2.75, 3.05) is 26.8 Å². The Bertz CT molecular complexity index is 263. The summed E-state index contributed by atoms with van der Waals surface area (Å²) in [6, 6.07) is 0.584. The first kappa shape index (κ1) is 15.3. The zero-order chi connectivity index (χ0) is 13.7. The Kier molecular flexibility index (Phi) is 5.67. The smallest absolute Gasteiger partial charge is 0.0555 e. The maximum atomic E-state index is 10.0. The molecule has 2 rings (SSSR count). The number of aliphatic hydroxyl groups excluding tert-OH is 1. The van der Waals surface area contributed by atoms with E-state index in [0.29, 0.717) is 11.5 Å². The van der Waals surface area contributed by atoms with Gasteiger partial charge in [0, 0.05) is 25.8 Å². The largest absolute Gasteiger partial charge is 0.393 e. The number of aliphatic hydroxyl groups is 1. The van der Waals surface area contributed by atoms with Crippen molar-refractivity contribution in [1.29, 1.82) is 0 Å². The van der Waals surface area contributed by atoms with Gasteiger partial charge < -0.3 is 14.7 Å². The van der Waals surface area contributed by atoms with E-state index in [2.05, 4.69) is 18.9 Å². The quantitative estimate of drug-likeness (QED) is 0.753. The van der Waals surface area contributed by atoms with E-state index in [0.717, 1.165) is 39.0 Å². The summed E-state index contributed by atoms with van der Waals surface area (Å²) in [6.45, 7) is 4.83. The SMILES string of the molecule is CCOCCCN(C)C1CC(O)CCC12CCCC2. The van der Waals surface area contributed by atoms with Crippen LogP contribution in [0.15, 0.2) is 0 Å². The molecule has 0 heterocycles. The van der Waals surface area contributed by atoms with Crippen LogP contribution in [0.3, 0.4) is 0 Å². The summed E-state index contributed by atoms with van der Waals surface area (Å²) in [5.41, 5.74) is 0.513. The second kappa shape index (κ2) is 7.05. The highest BCUT2D eigenvalue weighted by atomic mass is 16.5. The van der Waals surface area contributed by atoms with Gasteiger partial charge in [-0.15, -0.1) is 0 Å². The molecule has 3 heteroatoms. The van der Waals surface area contributed by atoms with Crippen molar-refractivity contribution < 1.29 is 9.84 Å². The second-order valence-electron chi connectivity index (χ2n) is 6.54. The predicted octanol–water partition coefficient (Wildman–Crippen LogP) is 2.82. The lowest BCUT2D eigenvalue weighted by Crippen LogP contribution is -2.50. The van der Waals surface area contributed by atoms with Crippen LogP contribution in [0.2, 0.25) is 0 Å². The van der Waals surface area contributed by atoms with Gasteiger partial charge in [0.05, 0.1) is 6.10 Å². The van der Waals surface area contributed by atoms with Crippen molar-refractivity contribution in [3.8, 4) is 0 Å². The lowest BCUT2D eigenvalue weighted by atomic mass is 9.67. The topological polar surface area (TPSA) is 32.7 Å². The third kappa shape index (κ3) is 3.71. The van der Waals surface area contributed by atoms with Crippen LogP contribution < -0.4 is 0 Å². The number of ether oxygens (including phenoxy) is 1. The summed E-state index contributed by atoms with van der Waals surface area (Å²) in [6.07, 6.45) is 9.78. The van der Waals surface area contributed by atoms with E-state index < -0.39 is 0 Å². The molecule has 0 amide bonds. The Morgan fingerprint density at radius 2 is 2.00 bits per heavy atom. The first-order chi connectivity index (χ1) is 9.18. The van der Waals surface area contributed by atoms with Gasteiger partial charge in [0.25, 0.3) is 0 Å². The van der Waals surface area contributed by atoms with Crippen LogP contribution in [0.25, 0.3) is 0 Å². The molecule has 2 aliphatic rings. The Morgan fingerprint density at radius 3 is 2.68 bits per heavy atom. The number of nitrogens with zero attached hydrogens (tertiary/aromatic N) is 1. The van der Waals surface area contributed by atoms with E-state index in [9.17, 15) is 5.11 Å². The van der Waals surface area contributed by atoms with Gasteiger partial charge in [0.1, 0.15) is 0 Å². The van der Waals surface area contributed by atoms with Crippen molar-refractivity contribution >= 4 is 0 Å². The molecule has 1 N–H and O–H groups in total. The molecule has 3 nitrogen and oxygen atoms in total. The molecule has 112 valence electrons. The van der Waals surface area contributed by atoms with Gasteiger partial charge in [-0.2, -0.15) is 0 Å². The molecular weight excluding hydrogens is 238 g/mol. The van der Waals surface area contributed by atoms with Gasteiger partial charge in [0.2, 0.25) is 0 Å². The Hall–Kier alpha value is -0.120. The molecule has 19 heavy (non-hydrogen) atoms. The molecule has 0 saturated heterocycles. The Balaban J connectivity index is 1.89. The summed E-state index contributed by atoms with van der Waals surface area (Å²) < 4.78 is 5.43. The average Bonchev–Trinajstić information content (AvgIpc) is 2.87. The van der Waals surface area contributed by atoms with Crippen LogP contribution >= 0.6 is 0 Å². The highest BCUT2D eigenvalue weighted by Gasteiger charge is 2.46. The molecule has 2 aliphatic carbocycles. The van der Waals surface area contributed by atoms with Gasteiger partial charge in [0.15, 0.2) is 0 Å². The molecule has 2 atom stereocenters. The fourth-order valence-electron chi connectivity index (χ4n) is 4.27. The average molecular weight is 269 g/mol. The summed E-state index contributed by atoms with van der Waals surface area (Å²) >= 11 is 0. The van der Waals surface area contributed by atoms with Gasteiger partial charge in [-0.3, -0.25) is 0 Å². The zero-order valence-corrected chi connectivity index (χ0v) is 12.7. The molecule has 0 aliphatic heterocycles. The predicted molar refractivity (Wildman–Crippen MR) is 78.3 cm³/mol. The van der Waals surface area contributed by atoms with E-state index in [-0.39, 0.29) is 6.10 Å². The lowest BCUT2D eigenvalue weighted by Gasteiger charge is -2.47. The number of hydrogen-bond acceptors (Lipinski definition) is 3. The molecule has 0 aromatic carbocycles. The normalized spacial score (nSPS) is 30.3. The summed E-state index contributed by atoms with van der Waals surface area (Å²) in [4.78, 5) is 2.51. The molecule has 0 bridgehead atoms. The zero-order valence-electron chi connectivity index (χ0n) is 12.7. The fourth-order valence-corrected chi connectivity index (χ4v) is 4.27. The van der Waals surface area contributed by atoms with Crippen molar-refractivity contribution in [2.45, 2.75) is 70.4 Å². The fraction of sp³-hybridized carbons (Fsp3) is 1.00. The number of hydrogen-bond donors (Lipinski definition) is 1. The van der Waals surface area contributed by atoms with E-state index >= 15 is 0 Å². The third-order valence-electron chi connectivity index (χ3n) is 5.31. The van der Waals surface area contributed by atoms with Crippen LogP contribution in [0.1, 0.15) is 58.3 Å². The van der Waals surface area contributed by atoms with Crippen LogP contribution in [-0.2, 0) is 4.74 Å². The van der Waals surface area contributed by atoms with E-state index in [1.807, 2.05) is 0 Å². The molecule has 0 aromatic rings. The molecule has 2 unspecified atom stereocenters. The molecule has 0 radical (unpaired) electrons. The number of rotatable bonds is 6. The van der Waals surface area contributed by atoms with Crippen LogP contribution in [0.4, 0.5) is 0 Å². The van der Waals surface area contributed by atoms with Crippen LogP contribution in [0, 0.1) is 5.41 Å². The highest BCUT2D eigenvalue weighted by Crippen LogP contribution is 2.50. The maximum absolute atomic E-state index is 10.0. The van der Waals surface area contributed by atoms with Crippen molar-refractivity contribution in [3.05, 3.63) is 0 Å². The highest BCUT2D eigenvalue weighted by molar-refractivity contribution is 4.99. The van der Waals surface area contributed by atoms with Gasteiger partial charge in [-0.1, -0.05) is 12.8 Å². The monoisotopic (exact) mass is 269 g/mol. The standard InChI is InChI=1S/C16H31NO2/c1-3-19-12-6-11-17(2)15-13-14(18)7-10-16(15)8-4-5-9-16/h14-15,18H,3-13H2,1-2H3. The second-order valence-corrected chi connectivity index (χ2v) is 6.54. The summed E-state index contributed by atoms with van der Waals surface area (Å²) in [7, 11) is 2.24. The minimum Gasteiger partial charge on any atom is -0.393 e. The van der Waals surface area contributed by atoms with Crippen molar-refractivity contribution in [3.63, 3.8) is 0 Å². The van der Waals surface area contributed by atoms with E-state index in [1.54, 1.807) is 0 Å². The minimum atomic E-state index is -0.0782. The van der Waals surface area contributed by atoms with E-state index in [4.69, 9.17) is 4.74 Å². The van der Waals surface area contributed by atoms with Crippen molar-refractivity contribution in [1.82, 2.24) is 4.90 Å². The minimum absolute atomic E-state index is 0.0782. The molecule has 0 aromatic heterocycles. The summed E-state index contributed by atoms with van der Waals surface area (Å²) in [5.74, 6) is 0. The van der Waals surface area contributed by atoms with E-state index in [1.165, 1.54) is 32.1 Å². The van der Waals surface area contributed by atoms with Gasteiger partial charge in [-0.25, -0.2) is 0 Å². The van der Waals surface area contributed by atoms with Crippen molar-refractivity contribution in [2.24, 2.45) is 5.41 Å². The molecule has 2 fully saturated rings. The lowest BCUT2D eigenvalue weighted by molar-refractivity contribution is -0.0191. The molecular formula is C16H31NO2. The third-order valence-corrected chi connectivity index (χ3v) is 5.31. The maximum Gasteiger partial charge on any atom is 0.0555 e. The summed E-state index contributed by atoms with van der Waals surface area (Å²) in [5, 5.41) is 10.0. The first-order valence-electron chi connectivity index (χ1n) is 8.14. The molecule has 2 saturated carbocycles. The molecule has 1 spiro atoms. The van der Waals surface area contributed by atoms with Crippen LogP contribution in [-0.4, -0.2) is 49.0 Å². The Morgan fingerprint density at radius 1 is 1.26 bits per heavy atom. The van der Waals surface area contributed by atoms with Gasteiger partial charge in [-0.05, 0) is 57.9 Å². The van der Waals surface area contributed by atoms with Crippen LogP contribution in [0.5, 0.6) is 0 Å². The Labute approximate surface area is 118 Å².